The van der Waals surface area contributed by atoms with Gasteiger partial charge in [-0.15, -0.1) is 0 Å². The first kappa shape index (κ1) is 16.1. The summed E-state index contributed by atoms with van der Waals surface area (Å²) in [6.07, 6.45) is 1.18. The van der Waals surface area contributed by atoms with Crippen LogP contribution >= 0.6 is 31.9 Å². The smallest absolute Gasteiger partial charge is 0.241 e. The quantitative estimate of drug-likeness (QED) is 0.771. The number of nitrogens with one attached hydrogen (secondary N) is 1. The molecule has 0 bridgehead atoms. The minimum atomic E-state index is -3.54. The fourth-order valence-electron chi connectivity index (χ4n) is 1.48. The highest BCUT2D eigenvalue weighted by molar-refractivity contribution is 9.11. The van der Waals surface area contributed by atoms with E-state index in [9.17, 15) is 8.42 Å². The van der Waals surface area contributed by atoms with Crippen LogP contribution in [-0.4, -0.2) is 26.2 Å². The van der Waals surface area contributed by atoms with Gasteiger partial charge in [0.25, 0.3) is 0 Å². The van der Waals surface area contributed by atoms with Crippen LogP contribution in [-0.2, 0) is 10.0 Å². The molecule has 0 aliphatic heterocycles. The first-order chi connectivity index (χ1) is 8.36. The average molecular weight is 401 g/mol. The van der Waals surface area contributed by atoms with E-state index in [0.717, 1.165) is 4.47 Å². The van der Waals surface area contributed by atoms with E-state index < -0.39 is 10.0 Å². The summed E-state index contributed by atoms with van der Waals surface area (Å²) in [6, 6.07) is 4.69. The van der Waals surface area contributed by atoms with Gasteiger partial charge in [-0.2, -0.15) is 0 Å². The van der Waals surface area contributed by atoms with Crippen LogP contribution in [0, 0.1) is 0 Å². The van der Waals surface area contributed by atoms with Crippen molar-refractivity contribution in [2.75, 3.05) is 6.61 Å². The van der Waals surface area contributed by atoms with Gasteiger partial charge in [0, 0.05) is 21.6 Å². The van der Waals surface area contributed by atoms with E-state index in [-0.39, 0.29) is 17.5 Å². The average Bonchev–Trinajstić information content (AvgIpc) is 2.25. The van der Waals surface area contributed by atoms with Crippen molar-refractivity contribution < 1.29 is 13.5 Å². The molecular formula is C11H15Br2NO3S. The molecule has 1 rings (SSSR count). The fourth-order valence-corrected chi connectivity index (χ4v) is 4.50. The maximum atomic E-state index is 12.1. The molecule has 0 spiro atoms. The molecule has 0 fully saturated rings. The van der Waals surface area contributed by atoms with Crippen molar-refractivity contribution in [3.63, 3.8) is 0 Å². The van der Waals surface area contributed by atoms with Gasteiger partial charge in [0.2, 0.25) is 10.0 Å². The molecule has 7 heteroatoms. The molecule has 0 aliphatic carbocycles. The van der Waals surface area contributed by atoms with Crippen LogP contribution in [0.25, 0.3) is 0 Å². The molecule has 1 aromatic rings. The van der Waals surface area contributed by atoms with E-state index in [2.05, 4.69) is 36.6 Å². The van der Waals surface area contributed by atoms with Crippen LogP contribution < -0.4 is 4.72 Å². The Bertz CT molecular complexity index is 505. The van der Waals surface area contributed by atoms with Crippen molar-refractivity contribution in [1.29, 1.82) is 0 Å². The van der Waals surface area contributed by atoms with Gasteiger partial charge in [0.05, 0.1) is 4.90 Å². The second kappa shape index (κ2) is 7.00. The summed E-state index contributed by atoms with van der Waals surface area (Å²) in [7, 11) is -3.54. The minimum Gasteiger partial charge on any atom is -0.396 e. The number of sulfonamides is 1. The van der Waals surface area contributed by atoms with Gasteiger partial charge in [-0.05, 0) is 53.9 Å². The minimum absolute atomic E-state index is 0.0635. The molecule has 102 valence electrons. The largest absolute Gasteiger partial charge is 0.396 e. The summed E-state index contributed by atoms with van der Waals surface area (Å²) >= 11 is 6.51. The van der Waals surface area contributed by atoms with E-state index in [1.54, 1.807) is 19.1 Å². The topological polar surface area (TPSA) is 66.4 Å². The highest BCUT2D eigenvalue weighted by Crippen LogP contribution is 2.25. The molecule has 1 aromatic carbocycles. The predicted octanol–water partition coefficient (Wildman–Crippen LogP) is 2.65. The number of aliphatic hydroxyl groups excluding tert-OH is 1. The zero-order chi connectivity index (χ0) is 13.8. The summed E-state index contributed by atoms with van der Waals surface area (Å²) in [5.74, 6) is 0. The second-order valence-electron chi connectivity index (χ2n) is 3.96. The Morgan fingerprint density at radius 1 is 1.39 bits per heavy atom. The number of benzene rings is 1. The Balaban J connectivity index is 2.86. The zero-order valence-corrected chi connectivity index (χ0v) is 13.8. The lowest BCUT2D eigenvalue weighted by atomic mass is 10.2. The highest BCUT2D eigenvalue weighted by Gasteiger charge is 2.19. The van der Waals surface area contributed by atoms with Gasteiger partial charge in [-0.3, -0.25) is 0 Å². The first-order valence-corrected chi connectivity index (χ1v) is 8.52. The van der Waals surface area contributed by atoms with Crippen LogP contribution in [0.1, 0.15) is 19.8 Å². The SMILES string of the molecule is CC(CCCO)NS(=O)(=O)c1ccc(Br)cc1Br. The van der Waals surface area contributed by atoms with E-state index in [1.807, 2.05) is 0 Å². The maximum Gasteiger partial charge on any atom is 0.241 e. The molecule has 0 saturated heterocycles. The molecule has 0 amide bonds. The van der Waals surface area contributed by atoms with E-state index in [0.29, 0.717) is 17.3 Å². The van der Waals surface area contributed by atoms with Crippen LogP contribution in [0.4, 0.5) is 0 Å². The summed E-state index contributed by atoms with van der Waals surface area (Å²) in [5, 5.41) is 8.72. The highest BCUT2D eigenvalue weighted by atomic mass is 79.9. The molecule has 1 atom stereocenters. The monoisotopic (exact) mass is 399 g/mol. The van der Waals surface area contributed by atoms with Crippen molar-refractivity contribution >= 4 is 41.9 Å². The van der Waals surface area contributed by atoms with Gasteiger partial charge in [-0.1, -0.05) is 15.9 Å². The molecule has 4 nitrogen and oxygen atoms in total. The lowest BCUT2D eigenvalue weighted by molar-refractivity contribution is 0.279. The van der Waals surface area contributed by atoms with E-state index in [1.165, 1.54) is 6.07 Å². The lowest BCUT2D eigenvalue weighted by Gasteiger charge is -2.14. The summed E-state index contributed by atoms with van der Waals surface area (Å²) in [5.41, 5.74) is 0. The summed E-state index contributed by atoms with van der Waals surface area (Å²) in [4.78, 5) is 0.210. The molecule has 2 N–H and O–H groups in total. The second-order valence-corrected chi connectivity index (χ2v) is 7.42. The van der Waals surface area contributed by atoms with Crippen LogP contribution in [0.5, 0.6) is 0 Å². The molecular weight excluding hydrogens is 386 g/mol. The van der Waals surface area contributed by atoms with E-state index >= 15 is 0 Å². The standard InChI is InChI=1S/C11H15Br2NO3S/c1-8(3-2-6-15)14-18(16,17)11-5-4-9(12)7-10(11)13/h4-5,7-8,14-15H,2-3,6H2,1H3. The van der Waals surface area contributed by atoms with Gasteiger partial charge in [-0.25, -0.2) is 13.1 Å². The lowest BCUT2D eigenvalue weighted by Crippen LogP contribution is -2.32. The third-order valence-electron chi connectivity index (χ3n) is 2.34. The van der Waals surface area contributed by atoms with Crippen molar-refractivity contribution in [3.05, 3.63) is 27.1 Å². The molecule has 1 unspecified atom stereocenters. The third kappa shape index (κ3) is 4.62. The van der Waals surface area contributed by atoms with Crippen molar-refractivity contribution in [3.8, 4) is 0 Å². The Morgan fingerprint density at radius 3 is 2.61 bits per heavy atom. The Morgan fingerprint density at radius 2 is 2.06 bits per heavy atom. The van der Waals surface area contributed by atoms with Gasteiger partial charge < -0.3 is 5.11 Å². The molecule has 0 aliphatic rings. The first-order valence-electron chi connectivity index (χ1n) is 5.45. The van der Waals surface area contributed by atoms with Gasteiger partial charge in [0.1, 0.15) is 0 Å². The van der Waals surface area contributed by atoms with Crippen LogP contribution in [0.15, 0.2) is 32.0 Å². The molecule has 0 aromatic heterocycles. The fraction of sp³-hybridized carbons (Fsp3) is 0.455. The van der Waals surface area contributed by atoms with Crippen molar-refractivity contribution in [2.24, 2.45) is 0 Å². The molecule has 0 heterocycles. The Hall–Kier alpha value is 0.0500. The summed E-state index contributed by atoms with van der Waals surface area (Å²) in [6.45, 7) is 1.84. The maximum absolute atomic E-state index is 12.1. The summed E-state index contributed by atoms with van der Waals surface area (Å²) < 4.78 is 28.1. The predicted molar refractivity (Wildman–Crippen MR) is 77.9 cm³/mol. The van der Waals surface area contributed by atoms with Gasteiger partial charge >= 0.3 is 0 Å². The Labute approximate surface area is 124 Å². The molecule has 18 heavy (non-hydrogen) atoms. The number of rotatable bonds is 6. The van der Waals surface area contributed by atoms with Crippen molar-refractivity contribution in [1.82, 2.24) is 4.72 Å². The Kier molecular flexibility index (Phi) is 6.26. The number of hydrogen-bond donors (Lipinski definition) is 2. The third-order valence-corrected chi connectivity index (χ3v) is 5.39. The van der Waals surface area contributed by atoms with Crippen LogP contribution in [0.3, 0.4) is 0 Å². The number of aliphatic hydroxyl groups is 1. The van der Waals surface area contributed by atoms with Gasteiger partial charge in [0.15, 0.2) is 0 Å². The number of hydrogen-bond acceptors (Lipinski definition) is 3. The van der Waals surface area contributed by atoms with E-state index in [4.69, 9.17) is 5.11 Å². The zero-order valence-electron chi connectivity index (χ0n) is 9.86. The number of halogens is 2. The molecule has 0 radical (unpaired) electrons. The molecule has 0 saturated carbocycles. The van der Waals surface area contributed by atoms with Crippen molar-refractivity contribution in [2.45, 2.75) is 30.7 Å². The van der Waals surface area contributed by atoms with Crippen LogP contribution in [0.2, 0.25) is 0 Å². The normalized spacial score (nSPS) is 13.6.